The normalized spacial score (nSPS) is 16.7. The van der Waals surface area contributed by atoms with Crippen LogP contribution in [0.15, 0.2) is 17.1 Å². The zero-order valence-electron chi connectivity index (χ0n) is 17.2. The van der Waals surface area contributed by atoms with Gasteiger partial charge in [-0.05, 0) is 44.0 Å². The Hall–Kier alpha value is -2.09. The van der Waals surface area contributed by atoms with Crippen LogP contribution in [-0.4, -0.2) is 38.5 Å². The number of methoxy groups -OCH3 is 1. The van der Waals surface area contributed by atoms with Gasteiger partial charge in [-0.2, -0.15) is 0 Å². The standard InChI is InChI=1S/C21H25ClN2O4S/c1-21(2,3)28-20(26)17-14-6-7-24(4)11-16(14)29-19(17)23-10-12-8-13(22)9-15(27-5)18(12)25/h8-10,25H,6-7,11H2,1-5H3. The van der Waals surface area contributed by atoms with Gasteiger partial charge in [-0.25, -0.2) is 9.79 Å². The number of hydrogen-bond acceptors (Lipinski definition) is 6. The summed E-state index contributed by atoms with van der Waals surface area (Å²) < 4.78 is 10.7. The predicted molar refractivity (Wildman–Crippen MR) is 113 cm³/mol. The number of hydrogen-bond donors (Lipinski definition) is 1. The smallest absolute Gasteiger partial charge is 0.342 e. The Morgan fingerprint density at radius 3 is 2.76 bits per heavy atom. The van der Waals surface area contributed by atoms with Gasteiger partial charge in [0.2, 0.25) is 0 Å². The molecule has 1 aliphatic rings. The zero-order valence-corrected chi connectivity index (χ0v) is 18.8. The molecule has 2 aromatic rings. The van der Waals surface area contributed by atoms with E-state index in [0.717, 1.165) is 30.0 Å². The summed E-state index contributed by atoms with van der Waals surface area (Å²) in [5, 5.41) is 13.4. The van der Waals surface area contributed by atoms with E-state index in [1.807, 2.05) is 20.8 Å². The van der Waals surface area contributed by atoms with Gasteiger partial charge >= 0.3 is 5.97 Å². The molecular weight excluding hydrogens is 412 g/mol. The van der Waals surface area contributed by atoms with Crippen molar-refractivity contribution in [3.8, 4) is 11.5 Å². The molecule has 0 fully saturated rings. The SMILES string of the molecule is COc1cc(Cl)cc(C=Nc2sc3c(c2C(=O)OC(C)(C)C)CC[NH+](C)C3)c1[O-]. The molecule has 2 heterocycles. The highest BCUT2D eigenvalue weighted by Crippen LogP contribution is 2.38. The van der Waals surface area contributed by atoms with Crippen molar-refractivity contribution in [2.75, 3.05) is 20.7 Å². The van der Waals surface area contributed by atoms with Gasteiger partial charge in [0.1, 0.15) is 28.5 Å². The van der Waals surface area contributed by atoms with Crippen LogP contribution in [-0.2, 0) is 17.7 Å². The van der Waals surface area contributed by atoms with Gasteiger partial charge in [-0.15, -0.1) is 11.3 Å². The third-order valence-electron chi connectivity index (χ3n) is 4.53. The monoisotopic (exact) mass is 436 g/mol. The second-order valence-corrected chi connectivity index (χ2v) is 9.62. The third kappa shape index (κ3) is 4.91. The lowest BCUT2D eigenvalue weighted by Crippen LogP contribution is -3.08. The number of quaternary nitrogens is 1. The molecule has 1 atom stereocenters. The van der Waals surface area contributed by atoms with Crippen molar-refractivity contribution in [3.05, 3.63) is 38.7 Å². The van der Waals surface area contributed by atoms with Crippen LogP contribution >= 0.6 is 22.9 Å². The first-order chi connectivity index (χ1) is 13.6. The highest BCUT2D eigenvalue weighted by Gasteiger charge is 2.31. The molecule has 0 amide bonds. The summed E-state index contributed by atoms with van der Waals surface area (Å²) in [5.74, 6) is -0.528. The van der Waals surface area contributed by atoms with Gasteiger partial charge in [0.15, 0.2) is 0 Å². The van der Waals surface area contributed by atoms with Gasteiger partial charge in [0, 0.05) is 17.7 Å². The first-order valence-electron chi connectivity index (χ1n) is 9.37. The quantitative estimate of drug-likeness (QED) is 0.590. The molecule has 0 bridgehead atoms. The molecule has 0 spiro atoms. The van der Waals surface area contributed by atoms with E-state index in [-0.39, 0.29) is 17.5 Å². The Balaban J connectivity index is 2.04. The summed E-state index contributed by atoms with van der Waals surface area (Å²) >= 11 is 7.55. The van der Waals surface area contributed by atoms with Gasteiger partial charge in [-0.3, -0.25) is 0 Å². The van der Waals surface area contributed by atoms with Crippen LogP contribution in [0, 0.1) is 0 Å². The fraction of sp³-hybridized carbons (Fsp3) is 0.429. The molecule has 1 N–H and O–H groups in total. The lowest BCUT2D eigenvalue weighted by atomic mass is 10.0. The molecule has 1 unspecified atom stereocenters. The predicted octanol–water partition coefficient (Wildman–Crippen LogP) is 2.76. The summed E-state index contributed by atoms with van der Waals surface area (Å²) in [6, 6.07) is 3.00. The molecule has 1 aliphatic heterocycles. The largest absolute Gasteiger partial charge is 0.870 e. The summed E-state index contributed by atoms with van der Waals surface area (Å²) in [4.78, 5) is 19.9. The molecule has 0 saturated heterocycles. The van der Waals surface area contributed by atoms with Crippen molar-refractivity contribution in [1.82, 2.24) is 0 Å². The molecule has 6 nitrogen and oxygen atoms in total. The van der Waals surface area contributed by atoms with E-state index in [0.29, 0.717) is 21.2 Å². The van der Waals surface area contributed by atoms with Crippen LogP contribution in [0.1, 0.15) is 47.1 Å². The van der Waals surface area contributed by atoms with Crippen molar-refractivity contribution in [2.45, 2.75) is 39.3 Å². The average molecular weight is 437 g/mol. The summed E-state index contributed by atoms with van der Waals surface area (Å²) in [7, 11) is 3.54. The van der Waals surface area contributed by atoms with E-state index in [1.54, 1.807) is 0 Å². The minimum atomic E-state index is -0.605. The molecule has 1 aromatic carbocycles. The van der Waals surface area contributed by atoms with E-state index in [4.69, 9.17) is 21.1 Å². The van der Waals surface area contributed by atoms with Crippen molar-refractivity contribution in [2.24, 2.45) is 4.99 Å². The van der Waals surface area contributed by atoms with Crippen LogP contribution in [0.2, 0.25) is 5.02 Å². The molecule has 0 saturated carbocycles. The molecule has 156 valence electrons. The number of nitrogens with zero attached hydrogens (tertiary/aromatic N) is 1. The first-order valence-corrected chi connectivity index (χ1v) is 10.6. The third-order valence-corrected chi connectivity index (χ3v) is 5.89. The van der Waals surface area contributed by atoms with Crippen molar-refractivity contribution < 1.29 is 24.3 Å². The Bertz CT molecular complexity index is 963. The van der Waals surface area contributed by atoms with E-state index in [9.17, 15) is 9.90 Å². The maximum absolute atomic E-state index is 12.9. The number of benzene rings is 1. The Morgan fingerprint density at radius 1 is 1.38 bits per heavy atom. The molecule has 1 aromatic heterocycles. The number of nitrogens with one attached hydrogen (secondary N) is 1. The molecular formula is C21H25ClN2O4S. The number of fused-ring (bicyclic) bond motifs is 1. The van der Waals surface area contributed by atoms with Gasteiger partial charge < -0.3 is 19.5 Å². The fourth-order valence-corrected chi connectivity index (χ4v) is 4.71. The van der Waals surface area contributed by atoms with E-state index in [1.165, 1.54) is 41.7 Å². The lowest BCUT2D eigenvalue weighted by molar-refractivity contribution is -0.895. The number of aliphatic imine (C=N–C) groups is 1. The van der Waals surface area contributed by atoms with E-state index in [2.05, 4.69) is 12.0 Å². The van der Waals surface area contributed by atoms with Crippen LogP contribution in [0.5, 0.6) is 11.5 Å². The minimum Gasteiger partial charge on any atom is -0.870 e. The van der Waals surface area contributed by atoms with Gasteiger partial charge in [0.25, 0.3) is 0 Å². The summed E-state index contributed by atoms with van der Waals surface area (Å²) in [5.41, 5.74) is 1.21. The number of likely N-dealkylation sites (N-methyl/N-ethyl adjacent to an activating group) is 1. The maximum atomic E-state index is 12.9. The van der Waals surface area contributed by atoms with Crippen molar-refractivity contribution >= 4 is 40.1 Å². The van der Waals surface area contributed by atoms with E-state index >= 15 is 0 Å². The summed E-state index contributed by atoms with van der Waals surface area (Å²) in [6.07, 6.45) is 2.23. The zero-order chi connectivity index (χ0) is 21.3. The van der Waals surface area contributed by atoms with Gasteiger partial charge in [0.05, 0.1) is 25.6 Å². The number of thiophene rings is 1. The van der Waals surface area contributed by atoms with Gasteiger partial charge in [-0.1, -0.05) is 17.4 Å². The molecule has 3 rings (SSSR count). The number of carbonyl (C=O) groups excluding carboxylic acids is 1. The molecule has 0 aliphatic carbocycles. The molecule has 29 heavy (non-hydrogen) atoms. The van der Waals surface area contributed by atoms with Crippen LogP contribution in [0.25, 0.3) is 0 Å². The van der Waals surface area contributed by atoms with Crippen LogP contribution in [0.3, 0.4) is 0 Å². The average Bonchev–Trinajstić information content (AvgIpc) is 2.98. The molecule has 8 heteroatoms. The second-order valence-electron chi connectivity index (χ2n) is 8.10. The number of ether oxygens (including phenoxy) is 2. The maximum Gasteiger partial charge on any atom is 0.342 e. The van der Waals surface area contributed by atoms with E-state index < -0.39 is 5.60 Å². The Labute approximate surface area is 179 Å². The Kier molecular flexibility index (Phi) is 6.22. The highest BCUT2D eigenvalue weighted by atomic mass is 35.5. The number of rotatable bonds is 4. The molecule has 0 radical (unpaired) electrons. The number of carbonyl (C=O) groups is 1. The van der Waals surface area contributed by atoms with Crippen LogP contribution < -0.4 is 14.7 Å². The number of esters is 1. The Morgan fingerprint density at radius 2 is 2.10 bits per heavy atom. The number of halogens is 1. The van der Waals surface area contributed by atoms with Crippen molar-refractivity contribution in [3.63, 3.8) is 0 Å². The second kappa shape index (κ2) is 8.34. The van der Waals surface area contributed by atoms with Crippen LogP contribution in [0.4, 0.5) is 5.00 Å². The fourth-order valence-electron chi connectivity index (χ4n) is 3.20. The lowest BCUT2D eigenvalue weighted by Gasteiger charge is -2.22. The minimum absolute atomic E-state index is 0.155. The first kappa shape index (κ1) is 21.6. The van der Waals surface area contributed by atoms with Crippen molar-refractivity contribution in [1.29, 1.82) is 0 Å². The topological polar surface area (TPSA) is 75.4 Å². The highest BCUT2D eigenvalue weighted by molar-refractivity contribution is 7.16. The summed E-state index contributed by atoms with van der Waals surface area (Å²) in [6.45, 7) is 7.30.